The summed E-state index contributed by atoms with van der Waals surface area (Å²) in [7, 11) is 0. The van der Waals surface area contributed by atoms with Gasteiger partial charge in [0.05, 0.1) is 11.7 Å². The lowest BCUT2D eigenvalue weighted by molar-refractivity contribution is -0.117. The van der Waals surface area contributed by atoms with Crippen LogP contribution in [0.15, 0.2) is 34.2 Å². The number of rotatable bonds is 4. The lowest BCUT2D eigenvalue weighted by atomic mass is 9.97. The van der Waals surface area contributed by atoms with Gasteiger partial charge in [0.1, 0.15) is 0 Å². The second kappa shape index (κ2) is 7.79. The maximum absolute atomic E-state index is 12.9. The number of thioether (sulfide) groups is 1. The van der Waals surface area contributed by atoms with E-state index in [4.69, 9.17) is 0 Å². The van der Waals surface area contributed by atoms with Gasteiger partial charge in [-0.15, -0.1) is 0 Å². The third-order valence-electron chi connectivity index (χ3n) is 5.01. The molecule has 4 rings (SSSR count). The monoisotopic (exact) mass is 398 g/mol. The molecule has 1 aliphatic heterocycles. The molecule has 0 radical (unpaired) electrons. The molecule has 2 N–H and O–H groups in total. The molecule has 1 aliphatic carbocycles. The van der Waals surface area contributed by atoms with Crippen LogP contribution in [-0.4, -0.2) is 27.1 Å². The highest BCUT2D eigenvalue weighted by atomic mass is 32.2. The van der Waals surface area contributed by atoms with Gasteiger partial charge < -0.3 is 10.6 Å². The van der Waals surface area contributed by atoms with E-state index in [-0.39, 0.29) is 29.8 Å². The van der Waals surface area contributed by atoms with Crippen molar-refractivity contribution < 1.29 is 9.59 Å². The van der Waals surface area contributed by atoms with E-state index >= 15 is 0 Å². The highest BCUT2D eigenvalue weighted by Crippen LogP contribution is 2.34. The fourth-order valence-corrected chi connectivity index (χ4v) is 4.92. The molecule has 7 nitrogen and oxygen atoms in total. The van der Waals surface area contributed by atoms with E-state index in [9.17, 15) is 14.4 Å². The van der Waals surface area contributed by atoms with Gasteiger partial charge in [-0.2, -0.15) is 0 Å². The Morgan fingerprint density at radius 1 is 1.21 bits per heavy atom. The van der Waals surface area contributed by atoms with E-state index < -0.39 is 0 Å². The number of fused-ring (bicyclic) bond motifs is 2. The van der Waals surface area contributed by atoms with Crippen molar-refractivity contribution in [2.75, 3.05) is 16.4 Å². The fourth-order valence-electron chi connectivity index (χ4n) is 3.77. The van der Waals surface area contributed by atoms with Crippen molar-refractivity contribution in [3.8, 4) is 0 Å². The molecule has 2 aliphatic rings. The zero-order chi connectivity index (χ0) is 19.7. The van der Waals surface area contributed by atoms with Gasteiger partial charge in [-0.05, 0) is 43.9 Å². The number of hydrogen-bond acceptors (Lipinski definition) is 5. The SMILES string of the molecule is CC(=O)Nc1cccc(NC(=O)CC2CSc3nc4c(c(=O)n32)CCCC4)c1. The van der Waals surface area contributed by atoms with Crippen LogP contribution < -0.4 is 16.2 Å². The van der Waals surface area contributed by atoms with Crippen molar-refractivity contribution in [2.24, 2.45) is 0 Å². The molecule has 2 amide bonds. The summed E-state index contributed by atoms with van der Waals surface area (Å²) in [4.78, 5) is 41.4. The van der Waals surface area contributed by atoms with E-state index in [1.54, 1.807) is 40.6 Å². The summed E-state index contributed by atoms with van der Waals surface area (Å²) in [6, 6.07) is 6.81. The molecule has 0 fully saturated rings. The number of anilines is 2. The van der Waals surface area contributed by atoms with Crippen LogP contribution in [0.1, 0.15) is 43.5 Å². The largest absolute Gasteiger partial charge is 0.326 e. The molecule has 2 aromatic rings. The van der Waals surface area contributed by atoms with Crippen LogP contribution in [-0.2, 0) is 22.4 Å². The zero-order valence-corrected chi connectivity index (χ0v) is 16.5. The van der Waals surface area contributed by atoms with Gasteiger partial charge in [0.25, 0.3) is 5.56 Å². The standard InChI is InChI=1S/C20H22N4O3S/c1-12(25)21-13-5-4-6-14(9-13)22-18(26)10-15-11-28-20-23-17-8-3-2-7-16(17)19(27)24(15)20/h4-6,9,15H,2-3,7-8,10-11H2,1H3,(H,21,25)(H,22,26). The molecule has 0 bridgehead atoms. The number of amides is 2. The van der Waals surface area contributed by atoms with Crippen molar-refractivity contribution in [3.05, 3.63) is 45.9 Å². The first-order valence-electron chi connectivity index (χ1n) is 9.46. The third-order valence-corrected chi connectivity index (χ3v) is 6.11. The van der Waals surface area contributed by atoms with Crippen LogP contribution in [0.4, 0.5) is 11.4 Å². The molecule has 0 saturated carbocycles. The summed E-state index contributed by atoms with van der Waals surface area (Å²) in [5, 5.41) is 6.29. The second-order valence-corrected chi connectivity index (χ2v) is 8.17. The van der Waals surface area contributed by atoms with E-state index in [0.717, 1.165) is 42.1 Å². The van der Waals surface area contributed by atoms with E-state index in [2.05, 4.69) is 15.6 Å². The van der Waals surface area contributed by atoms with Crippen LogP contribution >= 0.6 is 11.8 Å². The normalized spacial score (nSPS) is 17.5. The van der Waals surface area contributed by atoms with Gasteiger partial charge in [-0.25, -0.2) is 4.98 Å². The number of nitrogens with zero attached hydrogens (tertiary/aromatic N) is 2. The first kappa shape index (κ1) is 18.7. The maximum atomic E-state index is 12.9. The summed E-state index contributed by atoms with van der Waals surface area (Å²) in [6.07, 6.45) is 3.96. The van der Waals surface area contributed by atoms with Crippen LogP contribution in [0.25, 0.3) is 0 Å². The smallest absolute Gasteiger partial charge is 0.257 e. The van der Waals surface area contributed by atoms with Crippen molar-refractivity contribution >= 4 is 35.0 Å². The number of carbonyl (C=O) groups is 2. The molecular weight excluding hydrogens is 376 g/mol. The van der Waals surface area contributed by atoms with Gasteiger partial charge in [0, 0.05) is 36.0 Å². The maximum Gasteiger partial charge on any atom is 0.257 e. The van der Waals surface area contributed by atoms with E-state index in [0.29, 0.717) is 17.1 Å². The summed E-state index contributed by atoms with van der Waals surface area (Å²) in [6.45, 7) is 1.44. The molecule has 146 valence electrons. The predicted molar refractivity (Wildman–Crippen MR) is 109 cm³/mol. The van der Waals surface area contributed by atoms with Gasteiger partial charge in [0.2, 0.25) is 11.8 Å². The molecule has 1 aromatic carbocycles. The first-order chi connectivity index (χ1) is 13.5. The Labute approximate surface area is 166 Å². The van der Waals surface area contributed by atoms with Crippen molar-refractivity contribution in [1.82, 2.24) is 9.55 Å². The topological polar surface area (TPSA) is 93.1 Å². The van der Waals surface area contributed by atoms with Gasteiger partial charge in [-0.1, -0.05) is 17.8 Å². The number of benzene rings is 1. The van der Waals surface area contributed by atoms with E-state index in [1.165, 1.54) is 6.92 Å². The van der Waals surface area contributed by atoms with Crippen molar-refractivity contribution in [2.45, 2.75) is 50.2 Å². The van der Waals surface area contributed by atoms with Gasteiger partial charge >= 0.3 is 0 Å². The van der Waals surface area contributed by atoms with Crippen LogP contribution in [0, 0.1) is 0 Å². The summed E-state index contributed by atoms with van der Waals surface area (Å²) in [5.41, 5.74) is 3.02. The Hall–Kier alpha value is -2.61. The lowest BCUT2D eigenvalue weighted by Crippen LogP contribution is -2.32. The average Bonchev–Trinajstić information content (AvgIpc) is 3.04. The van der Waals surface area contributed by atoms with Gasteiger partial charge in [0.15, 0.2) is 5.16 Å². The van der Waals surface area contributed by atoms with Crippen LogP contribution in [0.2, 0.25) is 0 Å². The quantitative estimate of drug-likeness (QED) is 0.773. The Morgan fingerprint density at radius 3 is 2.75 bits per heavy atom. The number of nitrogens with one attached hydrogen (secondary N) is 2. The Morgan fingerprint density at radius 2 is 1.96 bits per heavy atom. The minimum Gasteiger partial charge on any atom is -0.326 e. The molecule has 1 unspecified atom stereocenters. The van der Waals surface area contributed by atoms with E-state index in [1.807, 2.05) is 0 Å². The Kier molecular flexibility index (Phi) is 5.21. The highest BCUT2D eigenvalue weighted by Gasteiger charge is 2.30. The highest BCUT2D eigenvalue weighted by molar-refractivity contribution is 7.99. The fraction of sp³-hybridized carbons (Fsp3) is 0.400. The summed E-state index contributed by atoms with van der Waals surface area (Å²) < 4.78 is 1.71. The van der Waals surface area contributed by atoms with Gasteiger partial charge in [-0.3, -0.25) is 19.0 Å². The summed E-state index contributed by atoms with van der Waals surface area (Å²) >= 11 is 1.54. The Bertz CT molecular complexity index is 1000. The molecule has 2 heterocycles. The minimum atomic E-state index is -0.189. The minimum absolute atomic E-state index is 0.0233. The average molecular weight is 398 g/mol. The molecular formula is C20H22N4O3S. The van der Waals surface area contributed by atoms with Crippen LogP contribution in [0.3, 0.4) is 0 Å². The predicted octanol–water partition coefficient (Wildman–Crippen LogP) is 2.76. The first-order valence-corrected chi connectivity index (χ1v) is 10.4. The summed E-state index contributed by atoms with van der Waals surface area (Å²) in [5.74, 6) is 0.339. The molecule has 1 aromatic heterocycles. The third kappa shape index (κ3) is 3.82. The number of aromatic nitrogens is 2. The van der Waals surface area contributed by atoms with Crippen molar-refractivity contribution in [1.29, 1.82) is 0 Å². The molecule has 0 spiro atoms. The molecule has 1 atom stereocenters. The zero-order valence-electron chi connectivity index (χ0n) is 15.7. The molecule has 28 heavy (non-hydrogen) atoms. The molecule has 8 heteroatoms. The Balaban J connectivity index is 1.49. The van der Waals surface area contributed by atoms with Crippen molar-refractivity contribution in [3.63, 3.8) is 0 Å². The van der Waals surface area contributed by atoms with Crippen LogP contribution in [0.5, 0.6) is 0 Å². The lowest BCUT2D eigenvalue weighted by Gasteiger charge is -2.18. The number of aryl methyl sites for hydroxylation is 1. The number of hydrogen-bond donors (Lipinski definition) is 2. The second-order valence-electron chi connectivity index (χ2n) is 7.18. The molecule has 0 saturated heterocycles. The number of carbonyl (C=O) groups excluding carboxylic acids is 2.